The Labute approximate surface area is 203 Å². The average molecular weight is 505 g/mol. The third-order valence-corrected chi connectivity index (χ3v) is 9.09. The zero-order chi connectivity index (χ0) is 24.3. The van der Waals surface area contributed by atoms with Crippen LogP contribution in [0.2, 0.25) is 0 Å². The van der Waals surface area contributed by atoms with Crippen LogP contribution in [-0.2, 0) is 24.2 Å². The summed E-state index contributed by atoms with van der Waals surface area (Å²) in [5.74, 6) is -0.905. The van der Waals surface area contributed by atoms with Gasteiger partial charge in [-0.05, 0) is 56.2 Å². The first-order valence-electron chi connectivity index (χ1n) is 11.5. The molecular formula is C24H28N2O6S2. The fourth-order valence-electron chi connectivity index (χ4n) is 4.03. The molecule has 2 fully saturated rings. The van der Waals surface area contributed by atoms with Crippen molar-refractivity contribution in [2.24, 2.45) is 5.92 Å². The van der Waals surface area contributed by atoms with Gasteiger partial charge in [0.1, 0.15) is 0 Å². The molecule has 0 aliphatic heterocycles. The maximum atomic E-state index is 13.2. The molecule has 1 aromatic carbocycles. The smallest absolute Gasteiger partial charge is 0.341 e. The number of benzene rings is 1. The zero-order valence-corrected chi connectivity index (χ0v) is 20.5. The number of nitrogens with zero attached hydrogens (tertiary/aromatic N) is 1. The molecule has 0 bridgehead atoms. The van der Waals surface area contributed by atoms with Gasteiger partial charge in [-0.3, -0.25) is 10.1 Å². The molecule has 34 heavy (non-hydrogen) atoms. The maximum Gasteiger partial charge on any atom is 0.341 e. The van der Waals surface area contributed by atoms with Crippen LogP contribution in [0.1, 0.15) is 62.8 Å². The number of carbonyl (C=O) groups excluding carboxylic acids is 2. The monoisotopic (exact) mass is 504 g/mol. The number of aliphatic hydroxyl groups excluding tert-OH is 1. The van der Waals surface area contributed by atoms with Gasteiger partial charge in [0.15, 0.2) is 21.1 Å². The molecule has 2 saturated carbocycles. The van der Waals surface area contributed by atoms with Crippen LogP contribution in [0.5, 0.6) is 0 Å². The first kappa shape index (κ1) is 24.6. The summed E-state index contributed by atoms with van der Waals surface area (Å²) in [4.78, 5) is 29.4. The molecule has 0 spiro atoms. The highest BCUT2D eigenvalue weighted by Crippen LogP contribution is 2.35. The molecule has 2 aromatic rings. The number of aromatic nitrogens is 1. The van der Waals surface area contributed by atoms with Crippen molar-refractivity contribution in [2.75, 3.05) is 11.9 Å². The highest BCUT2D eigenvalue weighted by atomic mass is 32.2. The number of hydrogen-bond acceptors (Lipinski definition) is 8. The van der Waals surface area contributed by atoms with E-state index in [0.29, 0.717) is 24.0 Å². The van der Waals surface area contributed by atoms with Crippen molar-refractivity contribution in [3.8, 4) is 0 Å². The summed E-state index contributed by atoms with van der Waals surface area (Å²) < 4.78 is 29.9. The van der Waals surface area contributed by atoms with E-state index in [1.165, 1.54) is 5.38 Å². The second-order valence-corrected chi connectivity index (χ2v) is 11.7. The van der Waals surface area contributed by atoms with E-state index in [0.717, 1.165) is 37.0 Å². The third-order valence-electron chi connectivity index (χ3n) is 6.04. The van der Waals surface area contributed by atoms with E-state index in [4.69, 9.17) is 4.74 Å². The van der Waals surface area contributed by atoms with Gasteiger partial charge in [0.25, 0.3) is 5.91 Å². The third kappa shape index (κ3) is 5.56. The fraction of sp³-hybridized carbons (Fsp3) is 0.458. The summed E-state index contributed by atoms with van der Waals surface area (Å²) in [5.41, 5.74) is 1.18. The van der Waals surface area contributed by atoms with Crippen LogP contribution in [0.3, 0.4) is 0 Å². The highest BCUT2D eigenvalue weighted by Gasteiger charge is 2.36. The second kappa shape index (κ2) is 10.4. The van der Waals surface area contributed by atoms with Crippen LogP contribution >= 0.6 is 11.3 Å². The van der Waals surface area contributed by atoms with Gasteiger partial charge in [-0.1, -0.05) is 31.1 Å². The number of carbonyl (C=O) groups is 2. The van der Waals surface area contributed by atoms with Gasteiger partial charge in [0, 0.05) is 11.0 Å². The highest BCUT2D eigenvalue weighted by molar-refractivity contribution is 7.92. The lowest BCUT2D eigenvalue weighted by Crippen LogP contribution is -2.17. The summed E-state index contributed by atoms with van der Waals surface area (Å²) in [6, 6.07) is 6.48. The molecule has 4 rings (SSSR count). The number of anilines is 1. The molecule has 0 saturated heterocycles. The Bertz CT molecular complexity index is 1180. The van der Waals surface area contributed by atoms with Crippen LogP contribution in [0.15, 0.2) is 40.6 Å². The van der Waals surface area contributed by atoms with Crippen molar-refractivity contribution in [1.29, 1.82) is 0 Å². The van der Waals surface area contributed by atoms with Crippen molar-refractivity contribution in [3.63, 3.8) is 0 Å². The zero-order valence-electron chi connectivity index (χ0n) is 18.9. The van der Waals surface area contributed by atoms with Crippen molar-refractivity contribution >= 4 is 43.8 Å². The Morgan fingerprint density at radius 1 is 1.21 bits per heavy atom. The lowest BCUT2D eigenvalue weighted by atomic mass is 9.98. The van der Waals surface area contributed by atoms with E-state index >= 15 is 0 Å². The maximum absolute atomic E-state index is 13.2. The molecule has 2 N–H and O–H groups in total. The lowest BCUT2D eigenvalue weighted by Gasteiger charge is -2.12. The topological polar surface area (TPSA) is 123 Å². The Hall–Kier alpha value is -2.56. The number of thiazole rings is 1. The first-order valence-corrected chi connectivity index (χ1v) is 13.9. The summed E-state index contributed by atoms with van der Waals surface area (Å²) in [6.45, 7) is 1.78. The van der Waals surface area contributed by atoms with Gasteiger partial charge in [-0.15, -0.1) is 11.3 Å². The second-order valence-electron chi connectivity index (χ2n) is 8.58. The van der Waals surface area contributed by atoms with Gasteiger partial charge in [-0.25, -0.2) is 18.2 Å². The number of rotatable bonds is 9. The molecule has 2 aliphatic rings. The number of ether oxygens (including phenoxy) is 1. The summed E-state index contributed by atoms with van der Waals surface area (Å²) in [5, 5.41) is 14.3. The minimum atomic E-state index is -3.31. The Morgan fingerprint density at radius 3 is 2.50 bits per heavy atom. The molecule has 2 aliphatic carbocycles. The van der Waals surface area contributed by atoms with Crippen molar-refractivity contribution in [3.05, 3.63) is 47.0 Å². The molecule has 10 heteroatoms. The van der Waals surface area contributed by atoms with E-state index in [-0.39, 0.29) is 39.4 Å². The Balaban J connectivity index is 1.55. The lowest BCUT2D eigenvalue weighted by molar-refractivity contribution is -0.153. The number of amides is 1. The average Bonchev–Trinajstić information content (AvgIpc) is 3.39. The predicted octanol–water partition coefficient (Wildman–Crippen LogP) is 3.89. The van der Waals surface area contributed by atoms with Gasteiger partial charge in [0.05, 0.1) is 22.4 Å². The number of allylic oxidation sites excluding steroid dienone is 1. The number of nitrogens with one attached hydrogen (secondary N) is 1. The van der Waals surface area contributed by atoms with E-state index < -0.39 is 21.9 Å². The standard InChI is InChI=1S/C24H28N2O6S2/c1-2-32-23(29)21(27)20-14-33-24(25-20)26-22(28)19(13-15-5-3-4-6-15)16-7-9-17(10-8-16)34(30,31)18-11-12-18/h7-10,13-15,18,21,27H,2-6,11-12H2,1H3,(H,25,26,28)/b19-13+. The van der Waals surface area contributed by atoms with Gasteiger partial charge < -0.3 is 9.84 Å². The van der Waals surface area contributed by atoms with E-state index in [9.17, 15) is 23.1 Å². The minimum Gasteiger partial charge on any atom is -0.464 e. The molecule has 1 aromatic heterocycles. The SMILES string of the molecule is CCOC(=O)C(O)c1csc(NC(=O)/C(=C/C2CCCC2)c2ccc(S(=O)(=O)C3CC3)cc2)n1. The van der Waals surface area contributed by atoms with Gasteiger partial charge in [-0.2, -0.15) is 0 Å². The Morgan fingerprint density at radius 2 is 1.88 bits per heavy atom. The molecule has 1 unspecified atom stereocenters. The van der Waals surface area contributed by atoms with Crippen molar-refractivity contribution in [2.45, 2.75) is 61.7 Å². The van der Waals surface area contributed by atoms with Crippen LogP contribution in [0, 0.1) is 5.92 Å². The minimum absolute atomic E-state index is 0.106. The van der Waals surface area contributed by atoms with Crippen LogP contribution < -0.4 is 5.32 Å². The van der Waals surface area contributed by atoms with E-state index in [1.807, 2.05) is 6.08 Å². The van der Waals surface area contributed by atoms with Gasteiger partial charge in [0.2, 0.25) is 0 Å². The summed E-state index contributed by atoms with van der Waals surface area (Å²) in [7, 11) is -3.31. The number of hydrogen-bond donors (Lipinski definition) is 2. The number of aliphatic hydroxyl groups is 1. The molecule has 182 valence electrons. The van der Waals surface area contributed by atoms with Crippen LogP contribution in [-0.4, -0.2) is 42.2 Å². The molecule has 0 radical (unpaired) electrons. The van der Waals surface area contributed by atoms with Gasteiger partial charge >= 0.3 is 5.97 Å². The van der Waals surface area contributed by atoms with Crippen LogP contribution in [0.25, 0.3) is 5.57 Å². The van der Waals surface area contributed by atoms with Crippen molar-refractivity contribution < 1.29 is 27.9 Å². The molecule has 8 nitrogen and oxygen atoms in total. The Kier molecular flexibility index (Phi) is 7.49. The molecule has 1 amide bonds. The number of sulfone groups is 1. The first-order chi connectivity index (χ1) is 16.3. The molecule has 1 atom stereocenters. The van der Waals surface area contributed by atoms with E-state index in [2.05, 4.69) is 10.3 Å². The summed E-state index contributed by atoms with van der Waals surface area (Å²) >= 11 is 1.10. The van der Waals surface area contributed by atoms with Crippen LogP contribution in [0.4, 0.5) is 5.13 Å². The fourth-order valence-corrected chi connectivity index (χ4v) is 6.41. The number of esters is 1. The molecule has 1 heterocycles. The summed E-state index contributed by atoms with van der Waals surface area (Å²) in [6.07, 6.45) is 6.04. The van der Waals surface area contributed by atoms with Crippen molar-refractivity contribution in [1.82, 2.24) is 4.98 Å². The largest absolute Gasteiger partial charge is 0.464 e. The quantitative estimate of drug-likeness (QED) is 0.392. The van der Waals surface area contributed by atoms with E-state index in [1.54, 1.807) is 31.2 Å². The normalized spacial score (nSPS) is 18.0. The molecular weight excluding hydrogens is 476 g/mol. The predicted molar refractivity (Wildman–Crippen MR) is 129 cm³/mol.